The number of ether oxygens (including phenoxy) is 4. The molecule has 148 valence electrons. The maximum atomic E-state index is 12.7. The molecule has 1 spiro atoms. The Balaban J connectivity index is 1.75. The first-order chi connectivity index (χ1) is 13.6. The summed E-state index contributed by atoms with van der Waals surface area (Å²) in [6, 6.07) is 1.90. The number of benzene rings is 1. The van der Waals surface area contributed by atoms with Crippen LogP contribution in [0.2, 0.25) is 0 Å². The average Bonchev–Trinajstić information content (AvgIpc) is 3.03. The molecule has 1 saturated heterocycles. The zero-order valence-electron chi connectivity index (χ0n) is 16.1. The summed E-state index contributed by atoms with van der Waals surface area (Å²) in [6.07, 6.45) is 5.04. The zero-order chi connectivity index (χ0) is 19.6. The number of hydrogen-bond acceptors (Lipinski definition) is 5. The van der Waals surface area contributed by atoms with Crippen LogP contribution in [0.3, 0.4) is 0 Å². The Morgan fingerprint density at radius 2 is 2.18 bits per heavy atom. The van der Waals surface area contributed by atoms with Gasteiger partial charge in [-0.1, -0.05) is 22.0 Å². The predicted octanol–water partition coefficient (Wildman–Crippen LogP) is 3.71. The number of halogens is 1. The van der Waals surface area contributed by atoms with E-state index >= 15 is 0 Å². The summed E-state index contributed by atoms with van der Waals surface area (Å²) in [4.78, 5) is 14.5. The Labute approximate surface area is 172 Å². The Hall–Kier alpha value is -2.15. The molecule has 7 heteroatoms. The van der Waals surface area contributed by atoms with Gasteiger partial charge in [0.1, 0.15) is 5.76 Å². The molecule has 0 radical (unpaired) electrons. The molecular formula is C21H22BrNO5. The lowest BCUT2D eigenvalue weighted by Crippen LogP contribution is -2.60. The van der Waals surface area contributed by atoms with E-state index in [1.54, 1.807) is 14.2 Å². The van der Waals surface area contributed by atoms with Crippen molar-refractivity contribution in [2.75, 3.05) is 27.4 Å². The van der Waals surface area contributed by atoms with Crippen molar-refractivity contribution in [3.63, 3.8) is 0 Å². The largest absolute Gasteiger partial charge is 0.497 e. The monoisotopic (exact) mass is 447 g/mol. The molecular weight excluding hydrogens is 426 g/mol. The van der Waals surface area contributed by atoms with Crippen molar-refractivity contribution in [1.29, 1.82) is 0 Å². The summed E-state index contributed by atoms with van der Waals surface area (Å²) in [5, 5.41) is 0. The van der Waals surface area contributed by atoms with E-state index in [2.05, 4.69) is 22.0 Å². The van der Waals surface area contributed by atoms with Crippen molar-refractivity contribution in [2.24, 2.45) is 0 Å². The number of carbonyl (C=O) groups is 1. The van der Waals surface area contributed by atoms with E-state index in [4.69, 9.17) is 18.9 Å². The van der Waals surface area contributed by atoms with Gasteiger partial charge in [-0.05, 0) is 43.0 Å². The van der Waals surface area contributed by atoms with Crippen molar-refractivity contribution in [2.45, 2.75) is 37.3 Å². The zero-order valence-corrected chi connectivity index (χ0v) is 17.7. The van der Waals surface area contributed by atoms with Gasteiger partial charge >= 0.3 is 6.09 Å². The van der Waals surface area contributed by atoms with E-state index in [0.29, 0.717) is 19.6 Å². The Kier molecular flexibility index (Phi) is 3.95. The first-order valence-electron chi connectivity index (χ1n) is 9.53. The second-order valence-corrected chi connectivity index (χ2v) is 8.32. The van der Waals surface area contributed by atoms with E-state index in [0.717, 1.165) is 28.2 Å². The Morgan fingerprint density at radius 3 is 2.89 bits per heavy atom. The van der Waals surface area contributed by atoms with Crippen LogP contribution in [-0.2, 0) is 21.3 Å². The fourth-order valence-corrected chi connectivity index (χ4v) is 5.95. The number of allylic oxidation sites excluding steroid dienone is 2. The van der Waals surface area contributed by atoms with E-state index in [9.17, 15) is 4.79 Å². The van der Waals surface area contributed by atoms with Gasteiger partial charge in [-0.25, -0.2) is 4.79 Å². The summed E-state index contributed by atoms with van der Waals surface area (Å²) in [6.45, 7) is 2.82. The van der Waals surface area contributed by atoms with Crippen molar-refractivity contribution < 1.29 is 23.7 Å². The van der Waals surface area contributed by atoms with Crippen LogP contribution in [-0.4, -0.2) is 50.5 Å². The lowest BCUT2D eigenvalue weighted by atomic mass is 9.57. The molecule has 1 aromatic carbocycles. The summed E-state index contributed by atoms with van der Waals surface area (Å²) in [5.41, 5.74) is 3.21. The molecule has 0 aromatic heterocycles. The van der Waals surface area contributed by atoms with E-state index in [1.807, 2.05) is 24.0 Å². The van der Waals surface area contributed by atoms with E-state index < -0.39 is 0 Å². The van der Waals surface area contributed by atoms with Gasteiger partial charge in [-0.15, -0.1) is 0 Å². The third-order valence-electron chi connectivity index (χ3n) is 6.47. The van der Waals surface area contributed by atoms with Crippen LogP contribution in [0.5, 0.6) is 11.5 Å². The molecule has 5 rings (SSSR count). The number of hydrogen-bond donors (Lipinski definition) is 0. The molecule has 2 aliphatic carbocycles. The van der Waals surface area contributed by atoms with Gasteiger partial charge in [-0.3, -0.25) is 0 Å². The van der Waals surface area contributed by atoms with Crippen LogP contribution in [0, 0.1) is 0 Å². The maximum absolute atomic E-state index is 12.7. The highest BCUT2D eigenvalue weighted by Crippen LogP contribution is 2.63. The number of likely N-dealkylation sites (tertiary alicyclic amines) is 1. The van der Waals surface area contributed by atoms with Crippen LogP contribution < -0.4 is 9.47 Å². The van der Waals surface area contributed by atoms with Gasteiger partial charge in [0.05, 0.1) is 32.3 Å². The Bertz CT molecular complexity index is 939. The third kappa shape index (κ3) is 2.05. The number of methoxy groups -OCH3 is 2. The molecule has 6 nitrogen and oxygen atoms in total. The summed E-state index contributed by atoms with van der Waals surface area (Å²) >= 11 is 3.73. The van der Waals surface area contributed by atoms with Gasteiger partial charge < -0.3 is 23.8 Å². The van der Waals surface area contributed by atoms with Gasteiger partial charge in [0.2, 0.25) is 0 Å². The molecule has 0 saturated carbocycles. The SMILES string of the molecule is CCOC(=O)N1CCC23C4=CC=C(OC)C2Oc2c(OC)cc(Br)c(c23)CC41. The van der Waals surface area contributed by atoms with Crippen LogP contribution >= 0.6 is 15.9 Å². The van der Waals surface area contributed by atoms with Gasteiger partial charge in [0.15, 0.2) is 17.6 Å². The fraction of sp³-hybridized carbons (Fsp3) is 0.476. The van der Waals surface area contributed by atoms with Gasteiger partial charge in [-0.2, -0.15) is 0 Å². The van der Waals surface area contributed by atoms with E-state index in [-0.39, 0.29) is 23.7 Å². The highest BCUT2D eigenvalue weighted by atomic mass is 79.9. The minimum Gasteiger partial charge on any atom is -0.497 e. The molecule has 2 heterocycles. The molecule has 1 aromatic rings. The standard InChI is InChI=1S/C21H22BrNO5/c1-4-27-20(24)23-8-7-21-12-5-6-15(25-2)19(21)28-18-16(26-3)10-13(22)11(17(18)21)9-14(12)23/h5-6,10,14,19H,4,7-9H2,1-3H3. The fourth-order valence-electron chi connectivity index (χ4n) is 5.38. The van der Waals surface area contributed by atoms with Crippen molar-refractivity contribution >= 4 is 22.0 Å². The molecule has 3 atom stereocenters. The minimum atomic E-state index is -0.340. The van der Waals surface area contributed by atoms with E-state index in [1.165, 1.54) is 16.7 Å². The van der Waals surface area contributed by atoms with Crippen LogP contribution in [0.25, 0.3) is 0 Å². The third-order valence-corrected chi connectivity index (χ3v) is 7.17. The number of carbonyl (C=O) groups excluding carboxylic acids is 1. The predicted molar refractivity (Wildman–Crippen MR) is 106 cm³/mol. The smallest absolute Gasteiger partial charge is 0.410 e. The molecule has 4 aliphatic rings. The molecule has 2 aliphatic heterocycles. The molecule has 0 N–H and O–H groups in total. The molecule has 1 amide bonds. The van der Waals surface area contributed by atoms with Crippen LogP contribution in [0.1, 0.15) is 24.5 Å². The van der Waals surface area contributed by atoms with Crippen molar-refractivity contribution in [3.8, 4) is 11.5 Å². The normalized spacial score (nSPS) is 28.6. The second-order valence-electron chi connectivity index (χ2n) is 7.47. The number of piperidine rings is 1. The minimum absolute atomic E-state index is 0.0586. The highest BCUT2D eigenvalue weighted by molar-refractivity contribution is 9.10. The molecule has 2 bridgehead atoms. The number of nitrogens with zero attached hydrogens (tertiary/aromatic N) is 1. The lowest BCUT2D eigenvalue weighted by molar-refractivity contribution is 0.0497. The number of amides is 1. The van der Waals surface area contributed by atoms with Crippen molar-refractivity contribution in [1.82, 2.24) is 4.90 Å². The number of rotatable bonds is 3. The molecule has 3 unspecified atom stereocenters. The second kappa shape index (κ2) is 6.17. The lowest BCUT2D eigenvalue weighted by Gasteiger charge is -2.53. The topological polar surface area (TPSA) is 57.2 Å². The van der Waals surface area contributed by atoms with Gasteiger partial charge in [0, 0.05) is 16.6 Å². The van der Waals surface area contributed by atoms with Crippen molar-refractivity contribution in [3.05, 3.63) is 45.2 Å². The molecule has 1 fully saturated rings. The summed E-state index contributed by atoms with van der Waals surface area (Å²) in [7, 11) is 3.34. The quantitative estimate of drug-likeness (QED) is 0.706. The maximum Gasteiger partial charge on any atom is 0.410 e. The molecule has 28 heavy (non-hydrogen) atoms. The summed E-state index contributed by atoms with van der Waals surface area (Å²) < 4.78 is 24.1. The van der Waals surface area contributed by atoms with Crippen LogP contribution in [0.4, 0.5) is 4.79 Å². The first kappa shape index (κ1) is 17.9. The highest BCUT2D eigenvalue weighted by Gasteiger charge is 2.63. The van der Waals surface area contributed by atoms with Crippen LogP contribution in [0.15, 0.2) is 34.0 Å². The average molecular weight is 448 g/mol. The first-order valence-corrected chi connectivity index (χ1v) is 10.3. The Morgan fingerprint density at radius 1 is 1.36 bits per heavy atom. The van der Waals surface area contributed by atoms with Gasteiger partial charge in [0.25, 0.3) is 0 Å². The summed E-state index contributed by atoms with van der Waals surface area (Å²) in [5.74, 6) is 2.31.